The van der Waals surface area contributed by atoms with Crippen LogP contribution in [0.15, 0.2) is 48.5 Å². The maximum Gasteiger partial charge on any atom is 0.266 e. The van der Waals surface area contributed by atoms with E-state index in [1.807, 2.05) is 17.0 Å². The summed E-state index contributed by atoms with van der Waals surface area (Å²) >= 11 is 0. The van der Waals surface area contributed by atoms with Crippen molar-refractivity contribution < 1.29 is 33.5 Å². The molecule has 9 rings (SSSR count). The maximum absolute atomic E-state index is 14.1. The Morgan fingerprint density at radius 3 is 2.39 bits per heavy atom. The number of carbonyl (C=O) groups is 6. The Hall–Kier alpha value is -6.33. The first kappa shape index (κ1) is 41.0. The van der Waals surface area contributed by atoms with Crippen LogP contribution in [0.25, 0.3) is 15.7 Å². The van der Waals surface area contributed by atoms with Crippen molar-refractivity contribution in [3.8, 4) is 5.75 Å². The van der Waals surface area contributed by atoms with Gasteiger partial charge in [-0.1, -0.05) is 39.0 Å². The lowest BCUT2D eigenvalue weighted by Gasteiger charge is -2.44. The van der Waals surface area contributed by atoms with E-state index in [1.165, 1.54) is 17.3 Å². The van der Waals surface area contributed by atoms with E-state index in [9.17, 15) is 28.8 Å². The van der Waals surface area contributed by atoms with Crippen LogP contribution >= 0.6 is 0 Å². The molecule has 2 N–H and O–H groups in total. The summed E-state index contributed by atoms with van der Waals surface area (Å²) in [5.74, 6) is -1.85. The number of unbranched alkanes of at least 4 members (excludes halogenated alkanes) is 1. The van der Waals surface area contributed by atoms with Crippen LogP contribution in [-0.2, 0) is 26.2 Å². The monoisotopic (exact) mass is 837 g/mol. The summed E-state index contributed by atoms with van der Waals surface area (Å²) in [5, 5.41) is 3.08. The number of aromatic amines is 1. The molecule has 14 nitrogen and oxygen atoms in total. The summed E-state index contributed by atoms with van der Waals surface area (Å²) in [4.78, 5) is 93.0. The first-order valence-electron chi connectivity index (χ1n) is 21.9. The minimum atomic E-state index is -1.04. The molecule has 1 aromatic heterocycles. The number of fused-ring (bicyclic) bond motifs is 5. The highest BCUT2D eigenvalue weighted by atomic mass is 16.5. The third-order valence-electron chi connectivity index (χ3n) is 13.7. The number of rotatable bonds is 10. The Bertz CT molecular complexity index is 2590. The number of anilines is 1. The second-order valence-corrected chi connectivity index (χ2v) is 17.6. The molecular formula is C48H51N7O7. The smallest absolute Gasteiger partial charge is 0.266 e. The van der Waals surface area contributed by atoms with Crippen LogP contribution < -0.4 is 15.0 Å². The number of amides is 5. The van der Waals surface area contributed by atoms with Gasteiger partial charge in [0.15, 0.2) is 11.5 Å². The van der Waals surface area contributed by atoms with Crippen LogP contribution in [-0.4, -0.2) is 113 Å². The van der Waals surface area contributed by atoms with Gasteiger partial charge in [0, 0.05) is 91.4 Å². The lowest BCUT2D eigenvalue weighted by molar-refractivity contribution is -0.136. The van der Waals surface area contributed by atoms with Crippen LogP contribution in [0.1, 0.15) is 119 Å². The lowest BCUT2D eigenvalue weighted by Crippen LogP contribution is -2.54. The van der Waals surface area contributed by atoms with E-state index in [1.54, 1.807) is 18.2 Å². The van der Waals surface area contributed by atoms with Crippen LogP contribution in [0.3, 0.4) is 0 Å². The molecule has 0 bridgehead atoms. The number of piperidine rings is 2. The molecular weight excluding hydrogens is 787 g/mol. The fourth-order valence-electron chi connectivity index (χ4n) is 10.3. The maximum atomic E-state index is 14.1. The number of imide groups is 2. The average molecular weight is 838 g/mol. The Morgan fingerprint density at radius 2 is 1.66 bits per heavy atom. The molecule has 4 aliphatic heterocycles. The molecule has 3 aromatic carbocycles. The highest BCUT2D eigenvalue weighted by molar-refractivity contribution is 6.24. The SMILES string of the molecule is [C-]#[N+]c1ccc2c3c([nH]c2c1)C(C)(C)c1cc(N2CCC(N4CCN(C(=O)CCCCOc5cccc6c5C(=O)N(C5CCC(=O)NC5=O)C6=O)CC4)CC2)c(CC)cc1C3=O. The molecule has 0 radical (unpaired) electrons. The number of ketones is 1. The molecule has 5 amide bonds. The number of aryl methyl sites for hydroxylation is 1. The zero-order valence-corrected chi connectivity index (χ0v) is 35.5. The van der Waals surface area contributed by atoms with E-state index >= 15 is 0 Å². The number of nitrogens with zero attached hydrogens (tertiary/aromatic N) is 5. The molecule has 1 aliphatic carbocycles. The van der Waals surface area contributed by atoms with Crippen LogP contribution in [0.5, 0.6) is 5.75 Å². The highest BCUT2D eigenvalue weighted by Gasteiger charge is 2.46. The Labute approximate surface area is 360 Å². The second kappa shape index (κ2) is 16.2. The number of piperazine rings is 1. The largest absolute Gasteiger partial charge is 0.493 e. The van der Waals surface area contributed by atoms with Gasteiger partial charge >= 0.3 is 0 Å². The van der Waals surface area contributed by atoms with E-state index in [0.29, 0.717) is 49.6 Å². The first-order chi connectivity index (χ1) is 29.9. The second-order valence-electron chi connectivity index (χ2n) is 17.6. The highest BCUT2D eigenvalue weighted by Crippen LogP contribution is 2.46. The first-order valence-corrected chi connectivity index (χ1v) is 21.9. The van der Waals surface area contributed by atoms with E-state index in [-0.39, 0.29) is 48.0 Å². The third kappa shape index (κ3) is 7.02. The summed E-state index contributed by atoms with van der Waals surface area (Å²) in [7, 11) is 0. The van der Waals surface area contributed by atoms with Gasteiger partial charge in [0.1, 0.15) is 11.8 Å². The number of benzene rings is 3. The van der Waals surface area contributed by atoms with Crippen LogP contribution in [0.4, 0.5) is 11.4 Å². The van der Waals surface area contributed by atoms with E-state index in [2.05, 4.69) is 57.8 Å². The Kier molecular flexibility index (Phi) is 10.7. The van der Waals surface area contributed by atoms with Crippen molar-refractivity contribution in [1.82, 2.24) is 25.0 Å². The minimum Gasteiger partial charge on any atom is -0.493 e. The minimum absolute atomic E-state index is 0.0368. The van der Waals surface area contributed by atoms with Crippen molar-refractivity contribution in [3.63, 3.8) is 0 Å². The number of H-pyrrole nitrogens is 1. The van der Waals surface area contributed by atoms with E-state index < -0.39 is 35.1 Å². The summed E-state index contributed by atoms with van der Waals surface area (Å²) < 4.78 is 5.96. The normalized spacial score (nSPS) is 20.3. The van der Waals surface area contributed by atoms with Crippen molar-refractivity contribution in [3.05, 3.63) is 99.0 Å². The molecule has 1 unspecified atom stereocenters. The predicted octanol–water partition coefficient (Wildman–Crippen LogP) is 5.91. The number of nitrogens with one attached hydrogen (secondary N) is 2. The molecule has 1 atom stereocenters. The molecule has 14 heteroatoms. The number of carbonyl (C=O) groups excluding carboxylic acids is 6. The van der Waals surface area contributed by atoms with Crippen molar-refractivity contribution in [2.45, 2.75) is 89.6 Å². The zero-order chi connectivity index (χ0) is 43.4. The molecule has 62 heavy (non-hydrogen) atoms. The van der Waals surface area contributed by atoms with Crippen molar-refractivity contribution >= 4 is 57.6 Å². The molecule has 5 heterocycles. The predicted molar refractivity (Wildman–Crippen MR) is 232 cm³/mol. The van der Waals surface area contributed by atoms with E-state index in [4.69, 9.17) is 11.3 Å². The van der Waals surface area contributed by atoms with Gasteiger partial charge in [-0.3, -0.25) is 43.9 Å². The number of aromatic nitrogens is 1. The van der Waals surface area contributed by atoms with Gasteiger partial charge in [-0.25, -0.2) is 4.85 Å². The van der Waals surface area contributed by atoms with Gasteiger partial charge in [0.25, 0.3) is 11.8 Å². The standard InChI is InChI=1S/C48H51N7O7/c1-5-28-25-33-34(48(2,3)44-42(43(33)58)31-13-12-29(49-4)26-35(31)50-44)27-37(28)53-18-16-30(17-19-53)52-20-22-54(23-21-52)40(57)11-6-7-24-62-38-10-8-9-32-41(38)47(61)55(46(32)60)36-14-15-39(56)51-45(36)59/h8-10,12-13,25-27,30,36,50H,5-7,11,14-24H2,1-3H3,(H,51,56,59). The van der Waals surface area contributed by atoms with Gasteiger partial charge in [-0.2, -0.15) is 0 Å². The fourth-order valence-corrected chi connectivity index (χ4v) is 10.3. The van der Waals surface area contributed by atoms with Crippen molar-refractivity contribution in [2.24, 2.45) is 0 Å². The zero-order valence-electron chi connectivity index (χ0n) is 35.5. The van der Waals surface area contributed by atoms with Gasteiger partial charge in [-0.15, -0.1) is 0 Å². The quantitative estimate of drug-likeness (QED) is 0.113. The Balaban J connectivity index is 0.751. The molecule has 320 valence electrons. The van der Waals surface area contributed by atoms with Gasteiger partial charge in [0.05, 0.1) is 29.9 Å². The summed E-state index contributed by atoms with van der Waals surface area (Å²) in [6, 6.07) is 14.1. The number of hydrogen-bond acceptors (Lipinski definition) is 9. The van der Waals surface area contributed by atoms with Crippen LogP contribution in [0, 0.1) is 6.57 Å². The Morgan fingerprint density at radius 1 is 0.887 bits per heavy atom. The van der Waals surface area contributed by atoms with Crippen molar-refractivity contribution in [2.75, 3.05) is 50.8 Å². The molecule has 4 aromatic rings. The lowest BCUT2D eigenvalue weighted by atomic mass is 9.70. The summed E-state index contributed by atoms with van der Waals surface area (Å²) in [5.41, 5.74) is 7.02. The molecule has 0 spiro atoms. The van der Waals surface area contributed by atoms with Gasteiger partial charge in [-0.05, 0) is 80.0 Å². The average Bonchev–Trinajstić information content (AvgIpc) is 3.80. The molecule has 0 saturated carbocycles. The third-order valence-corrected chi connectivity index (χ3v) is 13.7. The molecule has 3 saturated heterocycles. The number of hydrogen-bond donors (Lipinski definition) is 2. The molecule has 3 fully saturated rings. The van der Waals surface area contributed by atoms with Crippen molar-refractivity contribution in [1.29, 1.82) is 0 Å². The summed E-state index contributed by atoms with van der Waals surface area (Å²) in [6.45, 7) is 19.1. The molecule has 5 aliphatic rings. The van der Waals surface area contributed by atoms with E-state index in [0.717, 1.165) is 78.1 Å². The van der Waals surface area contributed by atoms with Gasteiger partial charge < -0.3 is 19.5 Å². The fraction of sp³-hybridized carbons (Fsp3) is 0.438. The van der Waals surface area contributed by atoms with Gasteiger partial charge in [0.2, 0.25) is 17.7 Å². The topological polar surface area (TPSA) is 157 Å². The van der Waals surface area contributed by atoms with Crippen LogP contribution in [0.2, 0.25) is 0 Å². The number of ether oxygens (including phenoxy) is 1. The summed E-state index contributed by atoms with van der Waals surface area (Å²) in [6.07, 6.45) is 4.58.